The summed E-state index contributed by atoms with van der Waals surface area (Å²) >= 11 is 0. The number of para-hydroxylation sites is 1. The molecule has 3 aromatic carbocycles. The zero-order valence-corrected chi connectivity index (χ0v) is 35.8. The van der Waals surface area contributed by atoms with Crippen molar-refractivity contribution in [1.82, 2.24) is 15.6 Å². The minimum absolute atomic E-state index is 0.154. The van der Waals surface area contributed by atoms with Gasteiger partial charge in [-0.3, -0.25) is 18.9 Å². The summed E-state index contributed by atoms with van der Waals surface area (Å²) in [7, 11) is -4.64. The quantitative estimate of drug-likeness (QED) is 0.0323. The van der Waals surface area contributed by atoms with Crippen LogP contribution in [0.1, 0.15) is 83.6 Å². The molecule has 0 radical (unpaired) electrons. The van der Waals surface area contributed by atoms with E-state index in [2.05, 4.69) is 15.6 Å². The van der Waals surface area contributed by atoms with E-state index in [9.17, 15) is 23.7 Å². The molecule has 2 aliphatic carbocycles. The molecule has 0 unspecified atom stereocenters. The molecule has 4 aromatic rings. The molecule has 6 rings (SSSR count). The smallest absolute Gasteiger partial charge is 0.437 e. The van der Waals surface area contributed by atoms with Gasteiger partial charge in [-0.2, -0.15) is 0 Å². The van der Waals surface area contributed by atoms with Gasteiger partial charge in [-0.05, 0) is 90.0 Å². The van der Waals surface area contributed by atoms with Crippen molar-refractivity contribution in [3.63, 3.8) is 0 Å². The Morgan fingerprint density at radius 1 is 0.817 bits per heavy atom. The number of benzene rings is 3. The SMILES string of the molecule is CC(C)(C)C(=O)OCOP(=O)(OCOC(=O)C(C)(C)C)OC[C@@H](/C=C1/CCC[C@H]1C(=O)NCCc1c[nH]c2ccccc12)NC(=O)OC1c2ccccc2-c2ccccc21. The van der Waals surface area contributed by atoms with Crippen LogP contribution in [0.3, 0.4) is 0 Å². The Morgan fingerprint density at radius 2 is 1.40 bits per heavy atom. The van der Waals surface area contributed by atoms with E-state index in [0.717, 1.165) is 50.7 Å². The summed E-state index contributed by atoms with van der Waals surface area (Å²) < 4.78 is 47.0. The van der Waals surface area contributed by atoms with E-state index >= 15 is 0 Å². The number of amides is 2. The van der Waals surface area contributed by atoms with Crippen LogP contribution in [0.25, 0.3) is 22.0 Å². The maximum atomic E-state index is 14.0. The number of rotatable bonds is 16. The number of phosphoric acid groups is 1. The highest BCUT2D eigenvalue weighted by Gasteiger charge is 2.36. The predicted octanol–water partition coefficient (Wildman–Crippen LogP) is 8.67. The number of hydrogen-bond donors (Lipinski definition) is 3. The molecule has 15 heteroatoms. The highest BCUT2D eigenvalue weighted by molar-refractivity contribution is 7.48. The van der Waals surface area contributed by atoms with Crippen LogP contribution in [0.4, 0.5) is 4.79 Å². The predicted molar refractivity (Wildman–Crippen MR) is 224 cm³/mol. The monoisotopic (exact) mass is 843 g/mol. The third-order valence-electron chi connectivity index (χ3n) is 10.2. The van der Waals surface area contributed by atoms with Crippen molar-refractivity contribution in [3.8, 4) is 11.1 Å². The number of aromatic nitrogens is 1. The van der Waals surface area contributed by atoms with Crippen LogP contribution in [-0.2, 0) is 53.2 Å². The summed E-state index contributed by atoms with van der Waals surface area (Å²) in [6.45, 7) is 8.15. The molecule has 0 spiro atoms. The number of ether oxygens (including phenoxy) is 3. The molecular weight excluding hydrogens is 789 g/mol. The van der Waals surface area contributed by atoms with Gasteiger partial charge in [-0.15, -0.1) is 0 Å². The van der Waals surface area contributed by atoms with Crippen molar-refractivity contribution in [2.45, 2.75) is 79.4 Å². The number of nitrogens with one attached hydrogen (secondary N) is 3. The first kappa shape index (κ1) is 44.3. The summed E-state index contributed by atoms with van der Waals surface area (Å²) in [4.78, 5) is 55.7. The van der Waals surface area contributed by atoms with Gasteiger partial charge in [0.15, 0.2) is 6.10 Å². The molecule has 320 valence electrons. The van der Waals surface area contributed by atoms with Crippen molar-refractivity contribution in [2.75, 3.05) is 26.7 Å². The Balaban J connectivity index is 1.20. The molecule has 2 aliphatic rings. The van der Waals surface area contributed by atoms with Crippen molar-refractivity contribution in [1.29, 1.82) is 0 Å². The second kappa shape index (κ2) is 19.0. The molecule has 1 aromatic heterocycles. The fraction of sp³-hybridized carbons (Fsp3) is 0.422. The Labute approximate surface area is 350 Å². The second-order valence-electron chi connectivity index (χ2n) is 16.9. The van der Waals surface area contributed by atoms with Crippen LogP contribution < -0.4 is 10.6 Å². The third kappa shape index (κ3) is 11.1. The molecule has 60 heavy (non-hydrogen) atoms. The zero-order chi connectivity index (χ0) is 43.1. The molecule has 0 bridgehead atoms. The van der Waals surface area contributed by atoms with Gasteiger partial charge in [0.1, 0.15) is 0 Å². The van der Waals surface area contributed by atoms with Crippen LogP contribution >= 0.6 is 7.82 Å². The number of aromatic amines is 1. The van der Waals surface area contributed by atoms with Crippen LogP contribution in [0.2, 0.25) is 0 Å². The minimum Gasteiger partial charge on any atom is -0.437 e. The lowest BCUT2D eigenvalue weighted by atomic mass is 9.98. The first-order valence-corrected chi connectivity index (χ1v) is 21.6. The molecule has 2 amide bonds. The number of esters is 2. The Kier molecular flexibility index (Phi) is 14.0. The van der Waals surface area contributed by atoms with Gasteiger partial charge in [0.2, 0.25) is 19.5 Å². The molecule has 14 nitrogen and oxygen atoms in total. The Hall–Kier alpha value is -5.27. The van der Waals surface area contributed by atoms with Gasteiger partial charge in [0.05, 0.1) is 29.4 Å². The van der Waals surface area contributed by atoms with Crippen LogP contribution in [0.5, 0.6) is 0 Å². The van der Waals surface area contributed by atoms with E-state index in [0.29, 0.717) is 25.8 Å². The largest absolute Gasteiger partial charge is 0.480 e. The van der Waals surface area contributed by atoms with Gasteiger partial charge in [-0.25, -0.2) is 18.4 Å². The number of hydrogen-bond acceptors (Lipinski definition) is 11. The number of carbonyl (C=O) groups excluding carboxylic acids is 4. The normalized spacial score (nSPS) is 16.6. The fourth-order valence-corrected chi connectivity index (χ4v) is 8.01. The summed E-state index contributed by atoms with van der Waals surface area (Å²) in [6, 6.07) is 22.3. The topological polar surface area (TPSA) is 181 Å². The van der Waals surface area contributed by atoms with E-state index in [-0.39, 0.29) is 5.91 Å². The lowest BCUT2D eigenvalue weighted by Crippen LogP contribution is -2.39. The van der Waals surface area contributed by atoms with Gasteiger partial charge in [0.25, 0.3) is 0 Å². The maximum absolute atomic E-state index is 14.0. The van der Waals surface area contributed by atoms with Crippen molar-refractivity contribution in [2.24, 2.45) is 16.7 Å². The van der Waals surface area contributed by atoms with Gasteiger partial charge in [0, 0.05) is 34.8 Å². The van der Waals surface area contributed by atoms with E-state index in [1.54, 1.807) is 47.6 Å². The second-order valence-corrected chi connectivity index (χ2v) is 18.6. The Bertz CT molecular complexity index is 2190. The number of phosphoric ester groups is 1. The van der Waals surface area contributed by atoms with E-state index in [1.807, 2.05) is 79.0 Å². The van der Waals surface area contributed by atoms with Gasteiger partial charge < -0.3 is 29.8 Å². The summed E-state index contributed by atoms with van der Waals surface area (Å²) in [5.41, 5.74) is 4.63. The standard InChI is InChI=1S/C45H54N3O11P/c1-44(2,3)41(50)54-27-57-60(53,58-28-55-42(51)45(4,5)6)56-26-31(48-43(52)59-39-36-18-9-7-16-34(36)35-17-8-10-19-37(35)39)24-29-14-13-20-33(29)40(49)46-23-22-30-25-47-38-21-12-11-15-32(30)38/h7-12,15-19,21,24-25,31,33,39,47H,13-14,20,22-23,26-28H2,1-6H3,(H,46,49)(H,48,52)/b29-24-/t31-,33-/m1/s1. The summed E-state index contributed by atoms with van der Waals surface area (Å²) in [5, 5.41) is 7.01. The first-order chi connectivity index (χ1) is 28.5. The first-order valence-electron chi connectivity index (χ1n) is 20.1. The number of fused-ring (bicyclic) bond motifs is 4. The average Bonchev–Trinajstić information content (AvgIpc) is 3.93. The Morgan fingerprint density at radius 3 is 2.02 bits per heavy atom. The van der Waals surface area contributed by atoms with E-state index in [4.69, 9.17) is 27.8 Å². The third-order valence-corrected chi connectivity index (χ3v) is 11.6. The maximum Gasteiger partial charge on any atom is 0.480 e. The molecule has 1 saturated carbocycles. The van der Waals surface area contributed by atoms with Crippen molar-refractivity contribution >= 4 is 42.7 Å². The summed E-state index contributed by atoms with van der Waals surface area (Å²) in [5.74, 6) is -1.92. The number of carbonyl (C=O) groups is 4. The van der Waals surface area contributed by atoms with Crippen LogP contribution in [0, 0.1) is 16.7 Å². The zero-order valence-electron chi connectivity index (χ0n) is 34.9. The lowest BCUT2D eigenvalue weighted by molar-refractivity contribution is -0.163. The van der Waals surface area contributed by atoms with Crippen molar-refractivity contribution in [3.05, 3.63) is 107 Å². The van der Waals surface area contributed by atoms with E-state index < -0.39 is 74.9 Å². The summed E-state index contributed by atoms with van der Waals surface area (Å²) in [6.07, 6.45) is 4.65. The molecule has 0 aliphatic heterocycles. The van der Waals surface area contributed by atoms with Crippen LogP contribution in [-0.4, -0.2) is 61.7 Å². The molecule has 2 atom stereocenters. The average molecular weight is 844 g/mol. The fourth-order valence-electron chi connectivity index (χ4n) is 7.07. The minimum atomic E-state index is -4.64. The van der Waals surface area contributed by atoms with Gasteiger partial charge in [-0.1, -0.05) is 78.4 Å². The molecule has 0 saturated heterocycles. The lowest BCUT2D eigenvalue weighted by Gasteiger charge is -2.24. The van der Waals surface area contributed by atoms with E-state index in [1.165, 1.54) is 0 Å². The van der Waals surface area contributed by atoms with Crippen LogP contribution in [0.15, 0.2) is 90.6 Å². The number of alkyl carbamates (subject to hydrolysis) is 1. The molecular formula is C45H54N3O11P. The van der Waals surface area contributed by atoms with Crippen molar-refractivity contribution < 1.29 is 51.5 Å². The molecule has 3 N–H and O–H groups in total. The molecule has 1 heterocycles. The highest BCUT2D eigenvalue weighted by atomic mass is 31.2. The number of H-pyrrole nitrogens is 1. The van der Waals surface area contributed by atoms with Gasteiger partial charge >= 0.3 is 25.9 Å². The highest BCUT2D eigenvalue weighted by Crippen LogP contribution is 2.50. The molecule has 1 fully saturated rings.